The molecule has 2 rings (SSSR count). The molecular formula is C9H8BrN3O3S. The summed E-state index contributed by atoms with van der Waals surface area (Å²) in [6.07, 6.45) is 2.28. The maximum Gasteiger partial charge on any atom is 0.288 e. The zero-order valence-electron chi connectivity index (χ0n) is 8.74. The number of rotatable bonds is 3. The van der Waals surface area contributed by atoms with Crippen LogP contribution in [0.4, 0.5) is 0 Å². The maximum atomic E-state index is 12.2. The van der Waals surface area contributed by atoms with E-state index in [1.54, 1.807) is 12.1 Å². The van der Waals surface area contributed by atoms with Crippen LogP contribution in [-0.4, -0.2) is 29.7 Å². The molecule has 0 aliphatic rings. The van der Waals surface area contributed by atoms with E-state index in [1.807, 2.05) is 0 Å². The molecular weight excluding hydrogens is 310 g/mol. The molecule has 0 bridgehead atoms. The highest BCUT2D eigenvalue weighted by molar-refractivity contribution is 9.10. The van der Waals surface area contributed by atoms with Crippen LogP contribution in [0.1, 0.15) is 0 Å². The molecule has 1 aromatic carbocycles. The molecule has 0 N–H and O–H groups in total. The van der Waals surface area contributed by atoms with E-state index in [1.165, 1.54) is 13.2 Å². The first kappa shape index (κ1) is 12.1. The van der Waals surface area contributed by atoms with Gasteiger partial charge in [-0.25, -0.2) is 4.98 Å². The third-order valence-corrected chi connectivity index (χ3v) is 4.10. The molecule has 1 aromatic heterocycles. The Morgan fingerprint density at radius 3 is 2.76 bits per heavy atom. The molecule has 0 saturated heterocycles. The minimum absolute atomic E-state index is 0.0277. The number of hydrogen-bond donors (Lipinski definition) is 0. The van der Waals surface area contributed by atoms with E-state index >= 15 is 0 Å². The summed E-state index contributed by atoms with van der Waals surface area (Å²) in [5.74, 6) is 0.253. The van der Waals surface area contributed by atoms with E-state index in [2.05, 4.69) is 26.0 Å². The standard InChI is InChI=1S/C9H8BrN3O3S/c1-16-8-3-2-7(10)4-9(8)17(14,15)13-6-11-5-12-13/h2-6H,1H3. The zero-order chi connectivity index (χ0) is 12.5. The van der Waals surface area contributed by atoms with Crippen LogP contribution in [0.15, 0.2) is 40.2 Å². The van der Waals surface area contributed by atoms with Gasteiger partial charge in [0.2, 0.25) is 0 Å². The lowest BCUT2D eigenvalue weighted by molar-refractivity contribution is 0.402. The molecule has 0 atom stereocenters. The Morgan fingerprint density at radius 2 is 2.18 bits per heavy atom. The van der Waals surface area contributed by atoms with Crippen molar-refractivity contribution in [3.05, 3.63) is 35.3 Å². The fourth-order valence-corrected chi connectivity index (χ4v) is 3.01. The molecule has 90 valence electrons. The second kappa shape index (κ2) is 4.46. The number of aromatic nitrogens is 3. The second-order valence-electron chi connectivity index (χ2n) is 3.07. The van der Waals surface area contributed by atoms with Gasteiger partial charge in [-0.3, -0.25) is 0 Å². The third kappa shape index (κ3) is 2.18. The highest BCUT2D eigenvalue weighted by Gasteiger charge is 2.22. The van der Waals surface area contributed by atoms with Crippen molar-refractivity contribution in [1.29, 1.82) is 0 Å². The topological polar surface area (TPSA) is 74.1 Å². The van der Waals surface area contributed by atoms with Crippen molar-refractivity contribution in [1.82, 2.24) is 14.2 Å². The van der Waals surface area contributed by atoms with Crippen LogP contribution < -0.4 is 4.74 Å². The highest BCUT2D eigenvalue weighted by atomic mass is 79.9. The summed E-state index contributed by atoms with van der Waals surface area (Å²) in [5.41, 5.74) is 0. The van der Waals surface area contributed by atoms with E-state index in [0.29, 0.717) is 4.47 Å². The van der Waals surface area contributed by atoms with Crippen LogP contribution in [0.3, 0.4) is 0 Å². The van der Waals surface area contributed by atoms with Gasteiger partial charge in [0.15, 0.2) is 0 Å². The molecule has 8 heteroatoms. The van der Waals surface area contributed by atoms with Crippen LogP contribution in [0.5, 0.6) is 5.75 Å². The average molecular weight is 318 g/mol. The molecule has 0 aliphatic carbocycles. The van der Waals surface area contributed by atoms with E-state index in [-0.39, 0.29) is 10.6 Å². The van der Waals surface area contributed by atoms with Gasteiger partial charge in [0, 0.05) is 4.47 Å². The molecule has 0 aliphatic heterocycles. The van der Waals surface area contributed by atoms with Crippen LogP contribution >= 0.6 is 15.9 Å². The monoisotopic (exact) mass is 317 g/mol. The predicted octanol–water partition coefficient (Wildman–Crippen LogP) is 1.29. The minimum Gasteiger partial charge on any atom is -0.495 e. The van der Waals surface area contributed by atoms with Crippen molar-refractivity contribution < 1.29 is 13.2 Å². The Labute approximate surface area is 106 Å². The van der Waals surface area contributed by atoms with Crippen LogP contribution in [0, 0.1) is 0 Å². The van der Waals surface area contributed by atoms with Crippen LogP contribution in [0.2, 0.25) is 0 Å². The number of ether oxygens (including phenoxy) is 1. The molecule has 0 unspecified atom stereocenters. The van der Waals surface area contributed by atoms with Crippen molar-refractivity contribution in [2.75, 3.05) is 7.11 Å². The van der Waals surface area contributed by atoms with Crippen molar-refractivity contribution in [3.63, 3.8) is 0 Å². The summed E-state index contributed by atoms with van der Waals surface area (Å²) in [7, 11) is -2.37. The molecule has 0 spiro atoms. The molecule has 6 nitrogen and oxygen atoms in total. The van der Waals surface area contributed by atoms with Gasteiger partial charge >= 0.3 is 0 Å². The van der Waals surface area contributed by atoms with Gasteiger partial charge in [0.05, 0.1) is 7.11 Å². The van der Waals surface area contributed by atoms with Gasteiger partial charge in [-0.05, 0) is 18.2 Å². The maximum absolute atomic E-state index is 12.2. The van der Waals surface area contributed by atoms with Gasteiger partial charge in [-0.2, -0.15) is 8.42 Å². The van der Waals surface area contributed by atoms with E-state index in [9.17, 15) is 8.42 Å². The van der Waals surface area contributed by atoms with Gasteiger partial charge in [0.25, 0.3) is 10.0 Å². The van der Waals surface area contributed by atoms with Crippen molar-refractivity contribution in [3.8, 4) is 5.75 Å². The van der Waals surface area contributed by atoms with Gasteiger partial charge < -0.3 is 4.74 Å². The molecule has 0 radical (unpaired) electrons. The Hall–Kier alpha value is -1.41. The lowest BCUT2D eigenvalue weighted by atomic mass is 10.3. The van der Waals surface area contributed by atoms with Crippen molar-refractivity contribution in [2.45, 2.75) is 4.90 Å². The van der Waals surface area contributed by atoms with Gasteiger partial charge in [-0.1, -0.05) is 15.9 Å². The van der Waals surface area contributed by atoms with E-state index < -0.39 is 10.0 Å². The van der Waals surface area contributed by atoms with Gasteiger partial charge in [-0.15, -0.1) is 9.19 Å². The SMILES string of the molecule is COc1ccc(Br)cc1S(=O)(=O)n1cncn1. The lowest BCUT2D eigenvalue weighted by Gasteiger charge is -2.09. The lowest BCUT2D eigenvalue weighted by Crippen LogP contribution is -2.14. The second-order valence-corrected chi connectivity index (χ2v) is 5.75. The molecule has 0 saturated carbocycles. The summed E-state index contributed by atoms with van der Waals surface area (Å²) in [4.78, 5) is 3.64. The van der Waals surface area contributed by atoms with Crippen molar-refractivity contribution >= 4 is 26.0 Å². The number of hydrogen-bond acceptors (Lipinski definition) is 5. The van der Waals surface area contributed by atoms with Crippen LogP contribution in [-0.2, 0) is 10.0 Å². The molecule has 0 amide bonds. The van der Waals surface area contributed by atoms with Crippen molar-refractivity contribution in [2.24, 2.45) is 0 Å². The number of methoxy groups -OCH3 is 1. The summed E-state index contributed by atoms with van der Waals surface area (Å²) < 4.78 is 30.8. The van der Waals surface area contributed by atoms with E-state index in [0.717, 1.165) is 16.7 Å². The fraction of sp³-hybridized carbons (Fsp3) is 0.111. The Kier molecular flexibility index (Phi) is 3.16. The first-order chi connectivity index (χ1) is 8.05. The Morgan fingerprint density at radius 1 is 1.41 bits per heavy atom. The average Bonchev–Trinajstić information content (AvgIpc) is 2.83. The highest BCUT2D eigenvalue weighted by Crippen LogP contribution is 2.28. The minimum atomic E-state index is -3.77. The van der Waals surface area contributed by atoms with E-state index in [4.69, 9.17) is 4.74 Å². The largest absolute Gasteiger partial charge is 0.495 e. The molecule has 0 fully saturated rings. The third-order valence-electron chi connectivity index (χ3n) is 2.05. The summed E-state index contributed by atoms with van der Waals surface area (Å²) >= 11 is 3.22. The van der Waals surface area contributed by atoms with Gasteiger partial charge in [0.1, 0.15) is 23.3 Å². The summed E-state index contributed by atoms with van der Waals surface area (Å²) in [5, 5.41) is 3.62. The normalized spacial score (nSPS) is 11.4. The zero-order valence-corrected chi connectivity index (χ0v) is 11.1. The summed E-state index contributed by atoms with van der Waals surface area (Å²) in [6, 6.07) is 4.71. The predicted molar refractivity (Wildman–Crippen MR) is 63.3 cm³/mol. The molecule has 2 aromatic rings. The molecule has 17 heavy (non-hydrogen) atoms. The first-order valence-electron chi connectivity index (χ1n) is 4.49. The summed E-state index contributed by atoms with van der Waals surface area (Å²) in [6.45, 7) is 0. The number of nitrogens with zero attached hydrogens (tertiary/aromatic N) is 3. The quantitative estimate of drug-likeness (QED) is 0.852. The number of benzene rings is 1. The first-order valence-corrected chi connectivity index (χ1v) is 6.73. The van der Waals surface area contributed by atoms with Crippen LogP contribution in [0.25, 0.3) is 0 Å². The fourth-order valence-electron chi connectivity index (χ4n) is 1.27. The Bertz CT molecular complexity index is 625. The Balaban J connectivity index is 2.65. The molecule has 1 heterocycles. The number of halogens is 1. The smallest absolute Gasteiger partial charge is 0.288 e.